The number of hydrogen-bond donors (Lipinski definition) is 1. The maximum absolute atomic E-state index is 12.4. The van der Waals surface area contributed by atoms with Gasteiger partial charge in [0.2, 0.25) is 5.91 Å². The molecule has 4 heteroatoms. The highest BCUT2D eigenvalue weighted by Crippen LogP contribution is 2.23. The van der Waals surface area contributed by atoms with Crippen molar-refractivity contribution in [2.75, 3.05) is 13.2 Å². The number of carbonyl (C=O) groups is 1. The minimum Gasteiger partial charge on any atom is -0.376 e. The highest BCUT2D eigenvalue weighted by Gasteiger charge is 2.40. The Hall–Kier alpha value is -0.610. The maximum atomic E-state index is 12.4. The number of nitrogens with one attached hydrogen (secondary N) is 1. The smallest absolute Gasteiger partial charge is 0.241 e. The number of amides is 1. The second kappa shape index (κ2) is 6.02. The number of rotatable bonds is 5. The molecule has 0 aromatic carbocycles. The second-order valence-electron chi connectivity index (χ2n) is 5.82. The number of carbonyl (C=O) groups excluding carboxylic acids is 1. The molecule has 0 aromatic rings. The molecule has 3 unspecified atom stereocenters. The predicted molar refractivity (Wildman–Crippen MR) is 71.1 cm³/mol. The van der Waals surface area contributed by atoms with E-state index in [1.54, 1.807) is 0 Å². The van der Waals surface area contributed by atoms with Crippen molar-refractivity contribution >= 4 is 5.91 Å². The summed E-state index contributed by atoms with van der Waals surface area (Å²) in [6.07, 6.45) is 4.81. The molecule has 2 rings (SSSR count). The Bertz CT molecular complexity index is 288. The molecule has 0 saturated carbocycles. The highest BCUT2D eigenvalue weighted by molar-refractivity contribution is 5.84. The van der Waals surface area contributed by atoms with Gasteiger partial charge in [0.1, 0.15) is 0 Å². The fourth-order valence-electron chi connectivity index (χ4n) is 2.92. The van der Waals surface area contributed by atoms with Gasteiger partial charge in [-0.1, -0.05) is 27.2 Å². The van der Waals surface area contributed by atoms with Crippen LogP contribution in [0.4, 0.5) is 0 Å². The van der Waals surface area contributed by atoms with Gasteiger partial charge < -0.3 is 9.64 Å². The van der Waals surface area contributed by atoms with E-state index < -0.39 is 0 Å². The van der Waals surface area contributed by atoms with Crippen LogP contribution >= 0.6 is 0 Å². The van der Waals surface area contributed by atoms with Gasteiger partial charge in [-0.2, -0.15) is 0 Å². The molecule has 4 nitrogen and oxygen atoms in total. The van der Waals surface area contributed by atoms with Crippen molar-refractivity contribution in [1.82, 2.24) is 10.2 Å². The van der Waals surface area contributed by atoms with Crippen LogP contribution in [0.15, 0.2) is 0 Å². The van der Waals surface area contributed by atoms with Crippen LogP contribution < -0.4 is 5.32 Å². The third-order valence-corrected chi connectivity index (χ3v) is 3.95. The van der Waals surface area contributed by atoms with Crippen molar-refractivity contribution in [3.8, 4) is 0 Å². The van der Waals surface area contributed by atoms with Gasteiger partial charge in [-0.15, -0.1) is 0 Å². The Balaban J connectivity index is 2.01. The van der Waals surface area contributed by atoms with Gasteiger partial charge in [-0.3, -0.25) is 10.1 Å². The molecule has 2 saturated heterocycles. The largest absolute Gasteiger partial charge is 0.376 e. The zero-order chi connectivity index (χ0) is 13.1. The lowest BCUT2D eigenvalue weighted by Crippen LogP contribution is -2.41. The van der Waals surface area contributed by atoms with Gasteiger partial charge in [0, 0.05) is 13.2 Å². The predicted octanol–water partition coefficient (Wildman–Crippen LogP) is 1.75. The Kier molecular flexibility index (Phi) is 4.62. The molecule has 2 fully saturated rings. The molecule has 0 spiro atoms. The fraction of sp³-hybridized carbons (Fsp3) is 0.929. The van der Waals surface area contributed by atoms with E-state index >= 15 is 0 Å². The highest BCUT2D eigenvalue weighted by atomic mass is 16.5. The SMILES string of the molecule is CCCC1NC(C(C)C)C(=O)N1CC1CCCO1. The first-order valence-electron chi connectivity index (χ1n) is 7.31. The molecule has 2 heterocycles. The Morgan fingerprint density at radius 2 is 2.28 bits per heavy atom. The second-order valence-corrected chi connectivity index (χ2v) is 5.82. The molecule has 2 aliphatic heterocycles. The molecule has 2 aliphatic rings. The van der Waals surface area contributed by atoms with Crippen molar-refractivity contribution < 1.29 is 9.53 Å². The van der Waals surface area contributed by atoms with E-state index in [1.807, 2.05) is 4.90 Å². The standard InChI is InChI=1S/C14H26N2O2/c1-4-6-12-15-13(10(2)3)14(17)16(12)9-11-7-5-8-18-11/h10-13,15H,4-9H2,1-3H3. The van der Waals surface area contributed by atoms with Crippen molar-refractivity contribution in [3.63, 3.8) is 0 Å². The third-order valence-electron chi connectivity index (χ3n) is 3.95. The molecule has 1 amide bonds. The minimum absolute atomic E-state index is 0.0112. The van der Waals surface area contributed by atoms with E-state index in [1.165, 1.54) is 0 Å². The molecule has 104 valence electrons. The number of ether oxygens (including phenoxy) is 1. The summed E-state index contributed by atoms with van der Waals surface area (Å²) in [6.45, 7) is 7.99. The van der Waals surface area contributed by atoms with Gasteiger partial charge in [0.25, 0.3) is 0 Å². The topological polar surface area (TPSA) is 41.6 Å². The lowest BCUT2D eigenvalue weighted by molar-refractivity contribution is -0.132. The van der Waals surface area contributed by atoms with Crippen LogP contribution in [0.1, 0.15) is 46.5 Å². The normalized spacial score (nSPS) is 32.8. The van der Waals surface area contributed by atoms with Crippen LogP contribution in [0.5, 0.6) is 0 Å². The van der Waals surface area contributed by atoms with Gasteiger partial charge in [-0.05, 0) is 25.2 Å². The summed E-state index contributed by atoms with van der Waals surface area (Å²) in [7, 11) is 0. The lowest BCUT2D eigenvalue weighted by Gasteiger charge is -2.26. The first-order valence-corrected chi connectivity index (χ1v) is 7.31. The Morgan fingerprint density at radius 1 is 1.50 bits per heavy atom. The quantitative estimate of drug-likeness (QED) is 0.812. The fourth-order valence-corrected chi connectivity index (χ4v) is 2.92. The van der Waals surface area contributed by atoms with E-state index in [2.05, 4.69) is 26.1 Å². The van der Waals surface area contributed by atoms with Crippen molar-refractivity contribution in [3.05, 3.63) is 0 Å². The summed E-state index contributed by atoms with van der Waals surface area (Å²) in [5.41, 5.74) is 0. The first-order chi connectivity index (χ1) is 8.63. The molecule has 3 atom stereocenters. The van der Waals surface area contributed by atoms with Crippen molar-refractivity contribution in [1.29, 1.82) is 0 Å². The minimum atomic E-state index is -0.0112. The van der Waals surface area contributed by atoms with Crippen LogP contribution in [-0.2, 0) is 9.53 Å². The van der Waals surface area contributed by atoms with Gasteiger partial charge in [0.15, 0.2) is 0 Å². The number of nitrogens with zero attached hydrogens (tertiary/aromatic N) is 1. The van der Waals surface area contributed by atoms with Crippen LogP contribution in [0.2, 0.25) is 0 Å². The maximum Gasteiger partial charge on any atom is 0.241 e. The van der Waals surface area contributed by atoms with E-state index in [-0.39, 0.29) is 24.2 Å². The van der Waals surface area contributed by atoms with Crippen LogP contribution in [-0.4, -0.2) is 42.3 Å². The van der Waals surface area contributed by atoms with Gasteiger partial charge >= 0.3 is 0 Å². The van der Waals surface area contributed by atoms with Crippen molar-refractivity contribution in [2.24, 2.45) is 5.92 Å². The molecule has 0 aliphatic carbocycles. The van der Waals surface area contributed by atoms with E-state index in [0.29, 0.717) is 5.92 Å². The molecule has 0 radical (unpaired) electrons. The van der Waals surface area contributed by atoms with Crippen LogP contribution in [0.25, 0.3) is 0 Å². The van der Waals surface area contributed by atoms with Gasteiger partial charge in [0.05, 0.1) is 18.3 Å². The molecular formula is C14H26N2O2. The van der Waals surface area contributed by atoms with E-state index in [0.717, 1.165) is 38.8 Å². The molecule has 0 bridgehead atoms. The average Bonchev–Trinajstić information content (AvgIpc) is 2.92. The number of hydrogen-bond acceptors (Lipinski definition) is 3. The zero-order valence-electron chi connectivity index (χ0n) is 11.8. The van der Waals surface area contributed by atoms with Crippen LogP contribution in [0, 0.1) is 5.92 Å². The summed E-state index contributed by atoms with van der Waals surface area (Å²) in [4.78, 5) is 14.4. The Morgan fingerprint density at radius 3 is 2.83 bits per heavy atom. The summed E-state index contributed by atoms with van der Waals surface area (Å²) in [6, 6.07) is -0.0112. The average molecular weight is 254 g/mol. The van der Waals surface area contributed by atoms with Crippen LogP contribution in [0.3, 0.4) is 0 Å². The Labute approximate surface area is 110 Å². The summed E-state index contributed by atoms with van der Waals surface area (Å²) in [5.74, 6) is 0.616. The summed E-state index contributed by atoms with van der Waals surface area (Å²) >= 11 is 0. The lowest BCUT2D eigenvalue weighted by atomic mass is 10.0. The summed E-state index contributed by atoms with van der Waals surface area (Å²) < 4.78 is 5.66. The molecule has 1 N–H and O–H groups in total. The van der Waals surface area contributed by atoms with Gasteiger partial charge in [-0.25, -0.2) is 0 Å². The monoisotopic (exact) mass is 254 g/mol. The van der Waals surface area contributed by atoms with E-state index in [4.69, 9.17) is 4.74 Å². The summed E-state index contributed by atoms with van der Waals surface area (Å²) in [5, 5.41) is 3.49. The molecule has 18 heavy (non-hydrogen) atoms. The third kappa shape index (κ3) is 2.86. The molecular weight excluding hydrogens is 228 g/mol. The zero-order valence-corrected chi connectivity index (χ0v) is 11.8. The van der Waals surface area contributed by atoms with Crippen molar-refractivity contribution in [2.45, 2.75) is 64.8 Å². The van der Waals surface area contributed by atoms with E-state index in [9.17, 15) is 4.79 Å². The molecule has 0 aromatic heterocycles. The first kappa shape index (κ1) is 13.8.